The fraction of sp³-hybridized carbons (Fsp3) is 0.167. The molecule has 25 heavy (non-hydrogen) atoms. The average molecular weight is 491 g/mol. The normalized spacial score (nSPS) is 16.2. The Morgan fingerprint density at radius 2 is 1.04 bits per heavy atom. The zero-order valence-corrected chi connectivity index (χ0v) is 18.2. The maximum absolute atomic E-state index is 2.94. The molecule has 1 heteroatoms. The summed E-state index contributed by atoms with van der Waals surface area (Å²) in [5.74, 6) is 0. The molecule has 0 heterocycles. The predicted molar refractivity (Wildman–Crippen MR) is 104 cm³/mol. The van der Waals surface area contributed by atoms with Crippen LogP contribution in [0.25, 0.3) is 0 Å². The minimum absolute atomic E-state index is 1.17. The average Bonchev–Trinajstić information content (AvgIpc) is 3.37. The van der Waals surface area contributed by atoms with Crippen molar-refractivity contribution in [2.24, 2.45) is 0 Å². The van der Waals surface area contributed by atoms with Gasteiger partial charge in [0.05, 0.1) is 0 Å². The van der Waals surface area contributed by atoms with Crippen molar-refractivity contribution in [2.75, 3.05) is 0 Å². The molecule has 0 aromatic heterocycles. The zero-order chi connectivity index (χ0) is 17.0. The van der Waals surface area contributed by atoms with E-state index >= 15 is 0 Å². The van der Waals surface area contributed by atoms with E-state index in [-0.39, 0.29) is 0 Å². The molecule has 124 valence electrons. The van der Waals surface area contributed by atoms with Gasteiger partial charge in [0.1, 0.15) is 0 Å². The van der Waals surface area contributed by atoms with Gasteiger partial charge < -0.3 is 0 Å². The maximum atomic E-state index is 2.45. The van der Waals surface area contributed by atoms with Crippen LogP contribution in [0.4, 0.5) is 0 Å². The van der Waals surface area contributed by atoms with Gasteiger partial charge in [-0.15, -0.1) is 0 Å². The fourth-order valence-corrected chi connectivity index (χ4v) is 22.7. The van der Waals surface area contributed by atoms with Crippen LogP contribution in [0.1, 0.15) is 24.0 Å². The van der Waals surface area contributed by atoms with Gasteiger partial charge in [0.25, 0.3) is 0 Å². The monoisotopic (exact) mass is 492 g/mol. The van der Waals surface area contributed by atoms with Gasteiger partial charge in [-0.2, -0.15) is 0 Å². The molecule has 2 aromatic carbocycles. The van der Waals surface area contributed by atoms with E-state index in [2.05, 4.69) is 97.1 Å². The van der Waals surface area contributed by atoms with Crippen LogP contribution in [0.3, 0.4) is 0 Å². The zero-order valence-electron chi connectivity index (χ0n) is 14.6. The second-order valence-electron chi connectivity index (χ2n) is 7.06. The van der Waals surface area contributed by atoms with Crippen LogP contribution in [0.2, 0.25) is 0 Å². The van der Waals surface area contributed by atoms with E-state index < -0.39 is 20.0 Å². The Kier molecular flexibility index (Phi) is 5.12. The summed E-state index contributed by atoms with van der Waals surface area (Å²) < 4.78 is 6.11. The van der Waals surface area contributed by atoms with Gasteiger partial charge in [-0.3, -0.25) is 0 Å². The summed E-state index contributed by atoms with van der Waals surface area (Å²) in [5, 5.41) is 0. The summed E-state index contributed by atoms with van der Waals surface area (Å²) >= 11 is -2.94. The summed E-state index contributed by atoms with van der Waals surface area (Å²) in [6, 6.07) is 22.3. The number of hydrogen-bond donors (Lipinski definition) is 0. The van der Waals surface area contributed by atoms with Crippen molar-refractivity contribution < 1.29 is 20.0 Å². The van der Waals surface area contributed by atoms with E-state index in [0.717, 1.165) is 0 Å². The number of allylic oxidation sites excluding steroid dienone is 8. The fourth-order valence-electron chi connectivity index (χ4n) is 4.22. The van der Waals surface area contributed by atoms with Gasteiger partial charge in [-0.1, -0.05) is 0 Å². The van der Waals surface area contributed by atoms with Gasteiger partial charge in [0, 0.05) is 0 Å². The second-order valence-corrected chi connectivity index (χ2v) is 22.0. The van der Waals surface area contributed by atoms with Crippen LogP contribution in [0, 0.1) is 0 Å². The van der Waals surface area contributed by atoms with Crippen LogP contribution >= 0.6 is 0 Å². The molecule has 0 saturated carbocycles. The van der Waals surface area contributed by atoms with Gasteiger partial charge in [0.15, 0.2) is 0 Å². The van der Waals surface area contributed by atoms with Gasteiger partial charge in [-0.05, 0) is 0 Å². The SMILES string of the molecule is C1=CC[C]([Hf]([CH2]c2ccccc2)([CH2]c2ccccc2)[C]2=CC=CC2)=C1. The van der Waals surface area contributed by atoms with Crippen LogP contribution < -0.4 is 0 Å². The number of benzene rings is 2. The Morgan fingerprint density at radius 3 is 1.40 bits per heavy atom. The minimum atomic E-state index is -2.94. The van der Waals surface area contributed by atoms with E-state index in [4.69, 9.17) is 0 Å². The van der Waals surface area contributed by atoms with E-state index in [1.165, 1.54) is 32.3 Å². The first-order valence-corrected chi connectivity index (χ1v) is 17.8. The van der Waals surface area contributed by atoms with Crippen LogP contribution in [-0.4, -0.2) is 0 Å². The predicted octanol–water partition coefficient (Wildman–Crippen LogP) is 6.23. The Morgan fingerprint density at radius 1 is 0.600 bits per heavy atom. The van der Waals surface area contributed by atoms with Crippen molar-refractivity contribution in [3.05, 3.63) is 115 Å². The molecule has 0 unspecified atom stereocenters. The Balaban J connectivity index is 1.79. The Labute approximate surface area is 155 Å². The van der Waals surface area contributed by atoms with Crippen LogP contribution in [0.5, 0.6) is 0 Å². The van der Waals surface area contributed by atoms with Crippen molar-refractivity contribution in [3.63, 3.8) is 0 Å². The first-order valence-electron chi connectivity index (χ1n) is 9.17. The molecule has 0 amide bonds. The third kappa shape index (κ3) is 3.62. The molecule has 0 radical (unpaired) electrons. The molecule has 0 aliphatic heterocycles. The summed E-state index contributed by atoms with van der Waals surface area (Å²) in [4.78, 5) is 0. The van der Waals surface area contributed by atoms with Gasteiger partial charge >= 0.3 is 156 Å². The van der Waals surface area contributed by atoms with E-state index in [9.17, 15) is 0 Å². The van der Waals surface area contributed by atoms with Gasteiger partial charge in [0.2, 0.25) is 0 Å². The molecule has 0 fully saturated rings. The van der Waals surface area contributed by atoms with E-state index in [1.807, 2.05) is 0 Å². The standard InChI is InChI=1S/2C7H7.2C5H5.Hf/c2*1-7-5-3-2-4-6-7;2*1-2-4-5-3-1;/h2*2-6H,1H2;2*1-3H,4H2;. The molecular weight excluding hydrogens is 467 g/mol. The van der Waals surface area contributed by atoms with Gasteiger partial charge in [-0.25, -0.2) is 0 Å². The quantitative estimate of drug-likeness (QED) is 0.421. The molecule has 2 aliphatic rings. The van der Waals surface area contributed by atoms with Crippen molar-refractivity contribution >= 4 is 0 Å². The van der Waals surface area contributed by atoms with Crippen molar-refractivity contribution in [3.8, 4) is 0 Å². The molecule has 0 saturated heterocycles. The molecule has 0 bridgehead atoms. The number of hydrogen-bond acceptors (Lipinski definition) is 0. The van der Waals surface area contributed by atoms with Crippen molar-refractivity contribution in [1.82, 2.24) is 0 Å². The summed E-state index contributed by atoms with van der Waals surface area (Å²) in [6.07, 6.45) is 16.5. The molecule has 0 N–H and O–H groups in total. The third-order valence-corrected chi connectivity index (χ3v) is 24.2. The van der Waals surface area contributed by atoms with E-state index in [1.54, 1.807) is 6.66 Å². The molecular formula is C24H24Hf. The first-order chi connectivity index (χ1) is 12.4. The summed E-state index contributed by atoms with van der Waals surface area (Å²) in [5.41, 5.74) is 3.03. The molecule has 2 aromatic rings. The molecule has 0 spiro atoms. The number of rotatable bonds is 6. The van der Waals surface area contributed by atoms with Crippen molar-refractivity contribution in [1.29, 1.82) is 0 Å². The molecule has 0 nitrogen and oxygen atoms in total. The summed E-state index contributed by atoms with van der Waals surface area (Å²) in [6.45, 7) is 0. The van der Waals surface area contributed by atoms with Crippen molar-refractivity contribution in [2.45, 2.75) is 21.2 Å². The summed E-state index contributed by atoms with van der Waals surface area (Å²) in [7, 11) is 0. The molecule has 2 aliphatic carbocycles. The molecule has 4 rings (SSSR count). The third-order valence-electron chi connectivity index (χ3n) is 5.47. The van der Waals surface area contributed by atoms with Crippen LogP contribution in [0.15, 0.2) is 104 Å². The van der Waals surface area contributed by atoms with Crippen LogP contribution in [-0.2, 0) is 28.3 Å². The Bertz CT molecular complexity index is 765. The Hall–Kier alpha value is -1.73. The molecule has 0 atom stereocenters. The van der Waals surface area contributed by atoms with E-state index in [0.29, 0.717) is 0 Å². The topological polar surface area (TPSA) is 0 Å². The second kappa shape index (κ2) is 7.66. The first kappa shape index (κ1) is 16.7.